The smallest absolute Gasteiger partial charge is 0.254 e. The number of benzene rings is 2. The molecule has 5 nitrogen and oxygen atoms in total. The Morgan fingerprint density at radius 3 is 2.52 bits per heavy atom. The summed E-state index contributed by atoms with van der Waals surface area (Å²) in [5.41, 5.74) is 4.89. The largest absolute Gasteiger partial charge is 0.360 e. The van der Waals surface area contributed by atoms with Crippen molar-refractivity contribution in [2.75, 3.05) is 25.0 Å². The van der Waals surface area contributed by atoms with E-state index in [0.717, 1.165) is 52.6 Å². The zero-order valence-electron chi connectivity index (χ0n) is 17.2. The Hall–Kier alpha value is -3.21. The number of amides is 1. The highest BCUT2D eigenvalue weighted by atomic mass is 16.2. The van der Waals surface area contributed by atoms with E-state index in [1.165, 1.54) is 0 Å². The first-order valence-corrected chi connectivity index (χ1v) is 10.1. The van der Waals surface area contributed by atoms with Crippen LogP contribution in [-0.2, 0) is 13.0 Å². The molecule has 0 N–H and O–H groups in total. The van der Waals surface area contributed by atoms with Crippen LogP contribution in [0.4, 0.5) is 5.82 Å². The topological polar surface area (TPSA) is 49.3 Å². The van der Waals surface area contributed by atoms with Crippen LogP contribution in [0.1, 0.15) is 34.1 Å². The molecule has 0 aliphatic carbocycles. The summed E-state index contributed by atoms with van der Waals surface area (Å²) < 4.78 is 0. The normalized spacial score (nSPS) is 13.1. The molecule has 0 fully saturated rings. The number of carbonyl (C=O) groups excluding carboxylic acids is 1. The molecule has 2 heterocycles. The monoisotopic (exact) mass is 386 g/mol. The van der Waals surface area contributed by atoms with Gasteiger partial charge < -0.3 is 9.80 Å². The van der Waals surface area contributed by atoms with E-state index in [2.05, 4.69) is 11.8 Å². The minimum absolute atomic E-state index is 0.0750. The predicted molar refractivity (Wildman–Crippen MR) is 116 cm³/mol. The van der Waals surface area contributed by atoms with Gasteiger partial charge in [-0.25, -0.2) is 9.97 Å². The third-order valence-electron chi connectivity index (χ3n) is 5.57. The first-order chi connectivity index (χ1) is 14.1. The molecule has 4 rings (SSSR count). The maximum atomic E-state index is 13.1. The number of aromatic nitrogens is 2. The Kier molecular flexibility index (Phi) is 5.30. The number of hydrogen-bond acceptors (Lipinski definition) is 4. The van der Waals surface area contributed by atoms with Gasteiger partial charge >= 0.3 is 0 Å². The van der Waals surface area contributed by atoms with Crippen LogP contribution in [0.15, 0.2) is 54.6 Å². The molecule has 0 spiro atoms. The van der Waals surface area contributed by atoms with Crippen molar-refractivity contribution in [2.24, 2.45) is 0 Å². The van der Waals surface area contributed by atoms with Gasteiger partial charge in [0.05, 0.1) is 12.2 Å². The molecule has 0 unspecified atom stereocenters. The molecule has 5 heteroatoms. The number of rotatable bonds is 4. The highest BCUT2D eigenvalue weighted by molar-refractivity contribution is 5.95. The fraction of sp³-hybridized carbons (Fsp3) is 0.292. The second kappa shape index (κ2) is 8.03. The van der Waals surface area contributed by atoms with E-state index in [9.17, 15) is 4.79 Å². The highest BCUT2D eigenvalue weighted by Crippen LogP contribution is 2.30. The van der Waals surface area contributed by atoms with Gasteiger partial charge in [-0.1, -0.05) is 48.5 Å². The lowest BCUT2D eigenvalue weighted by molar-refractivity contribution is 0.0733. The molecule has 1 aromatic heterocycles. The maximum Gasteiger partial charge on any atom is 0.254 e. The fourth-order valence-electron chi connectivity index (χ4n) is 3.74. The van der Waals surface area contributed by atoms with Crippen LogP contribution in [0.5, 0.6) is 0 Å². The second-order valence-corrected chi connectivity index (χ2v) is 7.47. The van der Waals surface area contributed by atoms with E-state index >= 15 is 0 Å². The molecule has 0 saturated heterocycles. The van der Waals surface area contributed by atoms with Crippen LogP contribution in [-0.4, -0.2) is 40.9 Å². The van der Waals surface area contributed by atoms with E-state index in [-0.39, 0.29) is 5.91 Å². The molecule has 2 aromatic carbocycles. The molecule has 0 atom stereocenters. The predicted octanol–water partition coefficient (Wildman–Crippen LogP) is 4.11. The lowest BCUT2D eigenvalue weighted by Gasteiger charge is -2.32. The number of aryl methyl sites for hydroxylation is 1. The van der Waals surface area contributed by atoms with Crippen LogP contribution in [0.25, 0.3) is 11.4 Å². The zero-order valence-corrected chi connectivity index (χ0v) is 17.2. The molecular weight excluding hydrogens is 360 g/mol. The molecule has 0 saturated carbocycles. The molecule has 148 valence electrons. The van der Waals surface area contributed by atoms with Crippen LogP contribution in [0.2, 0.25) is 0 Å². The minimum atomic E-state index is 0.0750. The Morgan fingerprint density at radius 1 is 1.07 bits per heavy atom. The fourth-order valence-corrected chi connectivity index (χ4v) is 3.74. The average Bonchev–Trinajstić information content (AvgIpc) is 2.78. The summed E-state index contributed by atoms with van der Waals surface area (Å²) in [5.74, 6) is 1.74. The first-order valence-electron chi connectivity index (χ1n) is 10.1. The molecule has 1 aliphatic heterocycles. The quantitative estimate of drug-likeness (QED) is 0.677. The molecule has 29 heavy (non-hydrogen) atoms. The summed E-state index contributed by atoms with van der Waals surface area (Å²) >= 11 is 0. The number of fused-ring (bicyclic) bond motifs is 1. The van der Waals surface area contributed by atoms with Gasteiger partial charge in [-0.15, -0.1) is 0 Å². The standard InChI is InChI=1S/C24H26N4O/c1-4-27(3)23-20-16-28(24(29)19-13-9-8-10-17(19)2)15-14-21(20)25-22(26-23)18-11-6-5-7-12-18/h5-13H,4,14-16H2,1-3H3. The lowest BCUT2D eigenvalue weighted by Crippen LogP contribution is -2.38. The zero-order chi connectivity index (χ0) is 20.4. The highest BCUT2D eigenvalue weighted by Gasteiger charge is 2.28. The van der Waals surface area contributed by atoms with Gasteiger partial charge in [0.2, 0.25) is 0 Å². The molecule has 0 radical (unpaired) electrons. The Labute approximate surface area is 172 Å². The molecule has 1 amide bonds. The third-order valence-corrected chi connectivity index (χ3v) is 5.57. The van der Waals surface area contributed by atoms with Crippen LogP contribution < -0.4 is 4.90 Å². The molecule has 1 aliphatic rings. The van der Waals surface area contributed by atoms with E-state index < -0.39 is 0 Å². The number of anilines is 1. The van der Waals surface area contributed by atoms with Crippen molar-refractivity contribution in [1.82, 2.24) is 14.9 Å². The summed E-state index contributed by atoms with van der Waals surface area (Å²) in [5, 5.41) is 0. The Bertz CT molecular complexity index is 1030. The number of nitrogens with zero attached hydrogens (tertiary/aromatic N) is 4. The summed E-state index contributed by atoms with van der Waals surface area (Å²) in [4.78, 5) is 27.0. The third kappa shape index (κ3) is 3.73. The SMILES string of the molecule is CCN(C)c1nc(-c2ccccc2)nc2c1CN(C(=O)c1ccccc1C)CC2. The second-order valence-electron chi connectivity index (χ2n) is 7.47. The summed E-state index contributed by atoms with van der Waals surface area (Å²) in [7, 11) is 2.04. The van der Waals surface area contributed by atoms with E-state index in [1.54, 1.807) is 0 Å². The van der Waals surface area contributed by atoms with Crippen molar-refractivity contribution < 1.29 is 4.79 Å². The van der Waals surface area contributed by atoms with Gasteiger partial charge in [-0.2, -0.15) is 0 Å². The van der Waals surface area contributed by atoms with Crippen LogP contribution in [0.3, 0.4) is 0 Å². The van der Waals surface area contributed by atoms with Gasteiger partial charge in [0.25, 0.3) is 5.91 Å². The number of carbonyl (C=O) groups is 1. The van der Waals surface area contributed by atoms with Crippen molar-refractivity contribution >= 4 is 11.7 Å². The van der Waals surface area contributed by atoms with Crippen molar-refractivity contribution in [3.05, 3.63) is 77.0 Å². The van der Waals surface area contributed by atoms with E-state index in [1.807, 2.05) is 73.5 Å². The van der Waals surface area contributed by atoms with Gasteiger partial charge in [-0.05, 0) is 25.5 Å². The van der Waals surface area contributed by atoms with Gasteiger partial charge in [0.1, 0.15) is 5.82 Å². The first kappa shape index (κ1) is 19.1. The molecular formula is C24H26N4O. The van der Waals surface area contributed by atoms with Crippen molar-refractivity contribution in [1.29, 1.82) is 0 Å². The van der Waals surface area contributed by atoms with Gasteiger partial charge in [-0.3, -0.25) is 4.79 Å². The van der Waals surface area contributed by atoms with Crippen LogP contribution >= 0.6 is 0 Å². The van der Waals surface area contributed by atoms with Gasteiger partial charge in [0.15, 0.2) is 5.82 Å². The van der Waals surface area contributed by atoms with Gasteiger partial charge in [0, 0.05) is 43.2 Å². The minimum Gasteiger partial charge on any atom is -0.360 e. The molecule has 0 bridgehead atoms. The maximum absolute atomic E-state index is 13.1. The van der Waals surface area contributed by atoms with Crippen molar-refractivity contribution in [2.45, 2.75) is 26.8 Å². The van der Waals surface area contributed by atoms with E-state index in [0.29, 0.717) is 13.1 Å². The lowest BCUT2D eigenvalue weighted by atomic mass is 10.0. The average molecular weight is 386 g/mol. The summed E-state index contributed by atoms with van der Waals surface area (Å²) in [6, 6.07) is 17.8. The van der Waals surface area contributed by atoms with Crippen molar-refractivity contribution in [3.63, 3.8) is 0 Å². The molecule has 3 aromatic rings. The number of hydrogen-bond donors (Lipinski definition) is 0. The van der Waals surface area contributed by atoms with E-state index in [4.69, 9.17) is 9.97 Å². The summed E-state index contributed by atoms with van der Waals surface area (Å²) in [6.07, 6.45) is 0.736. The van der Waals surface area contributed by atoms with Crippen LogP contribution in [0, 0.1) is 6.92 Å². The Balaban J connectivity index is 1.72. The van der Waals surface area contributed by atoms with Crippen molar-refractivity contribution in [3.8, 4) is 11.4 Å². The summed E-state index contributed by atoms with van der Waals surface area (Å²) in [6.45, 7) is 6.13. The Morgan fingerprint density at radius 2 is 1.79 bits per heavy atom.